The van der Waals surface area contributed by atoms with Gasteiger partial charge in [-0.15, -0.1) is 11.6 Å². The third-order valence-corrected chi connectivity index (χ3v) is 3.26. The fourth-order valence-corrected chi connectivity index (χ4v) is 2.23. The summed E-state index contributed by atoms with van der Waals surface area (Å²) >= 11 is 5.87. The van der Waals surface area contributed by atoms with Crippen molar-refractivity contribution in [2.45, 2.75) is 19.7 Å². The zero-order chi connectivity index (χ0) is 14.8. The summed E-state index contributed by atoms with van der Waals surface area (Å²) in [6.07, 6.45) is 0. The van der Waals surface area contributed by atoms with Crippen LogP contribution in [0.25, 0.3) is 0 Å². The molecule has 0 saturated heterocycles. The molecule has 3 nitrogen and oxygen atoms in total. The topological polar surface area (TPSA) is 21.7 Å². The molecular weight excluding hydrogens is 281 g/mol. The van der Waals surface area contributed by atoms with E-state index in [1.807, 2.05) is 19.9 Å². The Labute approximate surface area is 125 Å². The highest BCUT2D eigenvalue weighted by Gasteiger charge is 2.14. The van der Waals surface area contributed by atoms with Crippen LogP contribution in [0, 0.1) is 5.82 Å². The van der Waals surface area contributed by atoms with Gasteiger partial charge < -0.3 is 14.4 Å². The lowest BCUT2D eigenvalue weighted by molar-refractivity contribution is 0.141. The van der Waals surface area contributed by atoms with Gasteiger partial charge in [-0.25, -0.2) is 4.39 Å². The Morgan fingerprint density at radius 2 is 1.70 bits per heavy atom. The van der Waals surface area contributed by atoms with Crippen LogP contribution in [-0.4, -0.2) is 39.5 Å². The maximum atomic E-state index is 13.8. The maximum absolute atomic E-state index is 13.8. The predicted octanol–water partition coefficient (Wildman–Crippen LogP) is 3.44. The summed E-state index contributed by atoms with van der Waals surface area (Å²) < 4.78 is 24.6. The SMILES string of the molecule is CCOCCN(CCOCC)c1cccc(F)c1CCl. The first-order valence-electron chi connectivity index (χ1n) is 6.98. The van der Waals surface area contributed by atoms with E-state index in [9.17, 15) is 4.39 Å². The van der Waals surface area contributed by atoms with Gasteiger partial charge in [-0.2, -0.15) is 0 Å². The first-order valence-corrected chi connectivity index (χ1v) is 7.51. The maximum Gasteiger partial charge on any atom is 0.129 e. The highest BCUT2D eigenvalue weighted by Crippen LogP contribution is 2.24. The molecule has 0 radical (unpaired) electrons. The number of hydrogen-bond acceptors (Lipinski definition) is 3. The molecule has 0 heterocycles. The van der Waals surface area contributed by atoms with Crippen molar-refractivity contribution < 1.29 is 13.9 Å². The lowest BCUT2D eigenvalue weighted by Crippen LogP contribution is -2.32. The number of rotatable bonds is 10. The van der Waals surface area contributed by atoms with Gasteiger partial charge in [-0.3, -0.25) is 0 Å². The van der Waals surface area contributed by atoms with Crippen molar-refractivity contribution in [2.75, 3.05) is 44.4 Å². The summed E-state index contributed by atoms with van der Waals surface area (Å²) in [5.74, 6) is -0.114. The van der Waals surface area contributed by atoms with Crippen LogP contribution in [0.1, 0.15) is 19.4 Å². The predicted molar refractivity (Wildman–Crippen MR) is 81.2 cm³/mol. The minimum Gasteiger partial charge on any atom is -0.380 e. The Morgan fingerprint density at radius 1 is 1.10 bits per heavy atom. The molecule has 0 N–H and O–H groups in total. The van der Waals surface area contributed by atoms with Gasteiger partial charge in [-0.05, 0) is 26.0 Å². The van der Waals surface area contributed by atoms with Gasteiger partial charge >= 0.3 is 0 Å². The van der Waals surface area contributed by atoms with E-state index >= 15 is 0 Å². The van der Waals surface area contributed by atoms with Gasteiger partial charge in [0.05, 0.1) is 19.1 Å². The Hall–Kier alpha value is -0.840. The molecule has 0 saturated carbocycles. The molecule has 0 aliphatic rings. The van der Waals surface area contributed by atoms with E-state index in [1.165, 1.54) is 6.07 Å². The van der Waals surface area contributed by atoms with Crippen molar-refractivity contribution in [1.29, 1.82) is 0 Å². The molecular formula is C15H23ClFNO2. The van der Waals surface area contributed by atoms with Crippen molar-refractivity contribution in [2.24, 2.45) is 0 Å². The average molecular weight is 304 g/mol. The van der Waals surface area contributed by atoms with Crippen LogP contribution in [-0.2, 0) is 15.4 Å². The zero-order valence-electron chi connectivity index (χ0n) is 12.2. The summed E-state index contributed by atoms with van der Waals surface area (Å²) in [4.78, 5) is 2.06. The van der Waals surface area contributed by atoms with E-state index in [0.717, 1.165) is 5.69 Å². The van der Waals surface area contributed by atoms with Crippen molar-refractivity contribution in [3.8, 4) is 0 Å². The molecule has 0 atom stereocenters. The monoisotopic (exact) mass is 303 g/mol. The first kappa shape index (κ1) is 17.2. The number of benzene rings is 1. The first-order chi connectivity index (χ1) is 9.74. The summed E-state index contributed by atoms with van der Waals surface area (Å²) in [6.45, 7) is 7.83. The van der Waals surface area contributed by atoms with Crippen LogP contribution >= 0.6 is 11.6 Å². The number of nitrogens with zero attached hydrogens (tertiary/aromatic N) is 1. The van der Waals surface area contributed by atoms with E-state index in [0.29, 0.717) is 45.1 Å². The molecule has 0 aliphatic carbocycles. The number of ether oxygens (including phenoxy) is 2. The Kier molecular flexibility index (Phi) is 8.58. The second-order valence-corrected chi connectivity index (χ2v) is 4.52. The summed E-state index contributed by atoms with van der Waals surface area (Å²) in [7, 11) is 0. The van der Waals surface area contributed by atoms with Crippen molar-refractivity contribution in [3.05, 3.63) is 29.6 Å². The molecule has 0 bridgehead atoms. The highest BCUT2D eigenvalue weighted by molar-refractivity contribution is 6.17. The molecule has 0 amide bonds. The fourth-order valence-electron chi connectivity index (χ4n) is 1.97. The molecule has 5 heteroatoms. The third-order valence-electron chi connectivity index (χ3n) is 2.99. The molecule has 0 unspecified atom stereocenters. The quantitative estimate of drug-likeness (QED) is 0.488. The molecule has 1 aromatic carbocycles. The van der Waals surface area contributed by atoms with Crippen molar-refractivity contribution in [3.63, 3.8) is 0 Å². The lowest BCUT2D eigenvalue weighted by atomic mass is 10.1. The molecule has 114 valence electrons. The van der Waals surface area contributed by atoms with Crippen LogP contribution in [0.15, 0.2) is 18.2 Å². The van der Waals surface area contributed by atoms with E-state index in [4.69, 9.17) is 21.1 Å². The van der Waals surface area contributed by atoms with Crippen LogP contribution in [0.3, 0.4) is 0 Å². The normalized spacial score (nSPS) is 10.8. The number of hydrogen-bond donors (Lipinski definition) is 0. The standard InChI is InChI=1S/C15H23ClFNO2/c1-3-19-10-8-18(9-11-20-4-2)15-7-5-6-14(17)13(15)12-16/h5-7H,3-4,8-12H2,1-2H3. The Bertz CT molecular complexity index is 380. The van der Waals surface area contributed by atoms with Gasteiger partial charge in [0.15, 0.2) is 0 Å². The molecule has 1 aromatic rings. The van der Waals surface area contributed by atoms with Gasteiger partial charge in [0.25, 0.3) is 0 Å². The second kappa shape index (κ2) is 9.97. The van der Waals surface area contributed by atoms with Gasteiger partial charge in [0.2, 0.25) is 0 Å². The summed E-state index contributed by atoms with van der Waals surface area (Å²) in [5, 5.41) is 0. The van der Waals surface area contributed by atoms with E-state index in [2.05, 4.69) is 4.90 Å². The molecule has 0 aromatic heterocycles. The minimum atomic E-state index is -0.268. The average Bonchev–Trinajstić information content (AvgIpc) is 2.46. The van der Waals surface area contributed by atoms with E-state index in [-0.39, 0.29) is 11.7 Å². The smallest absolute Gasteiger partial charge is 0.129 e. The highest BCUT2D eigenvalue weighted by atomic mass is 35.5. The number of halogens is 2. The second-order valence-electron chi connectivity index (χ2n) is 4.25. The molecule has 20 heavy (non-hydrogen) atoms. The summed E-state index contributed by atoms with van der Waals surface area (Å²) in [6, 6.07) is 5.03. The number of anilines is 1. The van der Waals surface area contributed by atoms with Gasteiger partial charge in [0, 0.05) is 37.6 Å². The van der Waals surface area contributed by atoms with Crippen molar-refractivity contribution in [1.82, 2.24) is 0 Å². The molecule has 0 aliphatic heterocycles. The van der Waals surface area contributed by atoms with E-state index in [1.54, 1.807) is 6.07 Å². The third kappa shape index (κ3) is 5.27. The minimum absolute atomic E-state index is 0.155. The summed E-state index contributed by atoms with van der Waals surface area (Å²) in [5.41, 5.74) is 1.35. The molecule has 0 fully saturated rings. The van der Waals surface area contributed by atoms with Gasteiger partial charge in [0.1, 0.15) is 5.82 Å². The molecule has 1 rings (SSSR count). The van der Waals surface area contributed by atoms with Crippen LogP contribution in [0.5, 0.6) is 0 Å². The zero-order valence-corrected chi connectivity index (χ0v) is 13.0. The van der Waals surface area contributed by atoms with E-state index < -0.39 is 0 Å². The largest absolute Gasteiger partial charge is 0.380 e. The lowest BCUT2D eigenvalue weighted by Gasteiger charge is -2.26. The Morgan fingerprint density at radius 3 is 2.20 bits per heavy atom. The van der Waals surface area contributed by atoms with Crippen LogP contribution < -0.4 is 4.90 Å². The van der Waals surface area contributed by atoms with Crippen LogP contribution in [0.4, 0.5) is 10.1 Å². The number of alkyl halides is 1. The van der Waals surface area contributed by atoms with Crippen molar-refractivity contribution >= 4 is 17.3 Å². The molecule has 0 spiro atoms. The Balaban J connectivity index is 2.81. The van der Waals surface area contributed by atoms with Gasteiger partial charge in [-0.1, -0.05) is 6.07 Å². The van der Waals surface area contributed by atoms with Crippen LogP contribution in [0.2, 0.25) is 0 Å². The fraction of sp³-hybridized carbons (Fsp3) is 0.600.